The summed E-state index contributed by atoms with van der Waals surface area (Å²) in [6, 6.07) is 0. The Hall–Kier alpha value is 0.110. The Bertz CT molecular complexity index is 130. The average Bonchev–Trinajstić information content (AvgIpc) is 1.81. The fourth-order valence-corrected chi connectivity index (χ4v) is 0.791. The summed E-state index contributed by atoms with van der Waals surface area (Å²) in [5.74, 6) is 0. The molecule has 2 atom stereocenters. The third-order valence-corrected chi connectivity index (χ3v) is 1.61. The van der Waals surface area contributed by atoms with E-state index in [9.17, 15) is 4.57 Å². The van der Waals surface area contributed by atoms with Crippen molar-refractivity contribution in [1.29, 1.82) is 0 Å². The van der Waals surface area contributed by atoms with Crippen molar-refractivity contribution in [2.75, 3.05) is 13.3 Å². The minimum absolute atomic E-state index is 0.0687. The van der Waals surface area contributed by atoms with Gasteiger partial charge >= 0.3 is 7.60 Å². The van der Waals surface area contributed by atoms with Crippen LogP contribution in [-0.2, 0) is 9.09 Å². The second-order valence-electron chi connectivity index (χ2n) is 2.16. The Morgan fingerprint density at radius 3 is 2.50 bits per heavy atom. The summed E-state index contributed by atoms with van der Waals surface area (Å²) in [6.07, 6.45) is -0.111. The molecule has 0 aliphatic rings. The largest absolute Gasteiger partial charge is 0.391 e. The van der Waals surface area contributed by atoms with Gasteiger partial charge in [-0.2, -0.15) is 0 Å². The lowest BCUT2D eigenvalue weighted by Gasteiger charge is -2.09. The van der Waals surface area contributed by atoms with E-state index in [1.54, 1.807) is 6.92 Å². The summed E-state index contributed by atoms with van der Waals surface area (Å²) >= 11 is 0. The molecular weight excluding hydrogens is 155 g/mol. The molecule has 2 N–H and O–H groups in total. The molecule has 0 bridgehead atoms. The highest BCUT2D eigenvalue weighted by Gasteiger charge is 2.11. The monoisotopic (exact) mass is 168 g/mol. The predicted molar refractivity (Wildman–Crippen MR) is 38.0 cm³/mol. The molecule has 0 rings (SSSR count). The van der Waals surface area contributed by atoms with Crippen molar-refractivity contribution in [1.82, 2.24) is 0 Å². The van der Waals surface area contributed by atoms with E-state index in [-0.39, 0.29) is 6.61 Å². The molecular formula is C5H13O4P. The van der Waals surface area contributed by atoms with Crippen LogP contribution in [0.4, 0.5) is 0 Å². The second kappa shape index (κ2) is 4.09. The van der Waals surface area contributed by atoms with E-state index in [2.05, 4.69) is 4.52 Å². The molecule has 2 unspecified atom stereocenters. The first-order chi connectivity index (χ1) is 4.45. The zero-order valence-electron chi connectivity index (χ0n) is 6.15. The number of rotatable bonds is 4. The van der Waals surface area contributed by atoms with E-state index in [1.807, 2.05) is 0 Å². The van der Waals surface area contributed by atoms with Gasteiger partial charge in [-0.1, -0.05) is 6.92 Å². The Labute approximate surface area is 60.4 Å². The molecule has 4 nitrogen and oxygen atoms in total. The third kappa shape index (κ3) is 6.23. The van der Waals surface area contributed by atoms with Crippen molar-refractivity contribution in [3.63, 3.8) is 0 Å². The summed E-state index contributed by atoms with van der Waals surface area (Å²) in [5, 5.41) is 8.86. The first kappa shape index (κ1) is 10.1. The summed E-state index contributed by atoms with van der Waals surface area (Å²) in [4.78, 5) is 8.58. The molecule has 62 valence electrons. The SMILES string of the molecule is CCC(O)COP(C)(=O)O. The Kier molecular flexibility index (Phi) is 4.13. The quantitative estimate of drug-likeness (QED) is 0.603. The topological polar surface area (TPSA) is 66.8 Å². The van der Waals surface area contributed by atoms with Gasteiger partial charge in [-0.05, 0) is 6.42 Å². The molecule has 0 fully saturated rings. The lowest BCUT2D eigenvalue weighted by molar-refractivity contribution is 0.0977. The van der Waals surface area contributed by atoms with Crippen LogP contribution in [0.3, 0.4) is 0 Å². The molecule has 0 saturated heterocycles. The summed E-state index contributed by atoms with van der Waals surface area (Å²) in [5.41, 5.74) is 0. The highest BCUT2D eigenvalue weighted by atomic mass is 31.2. The lowest BCUT2D eigenvalue weighted by Crippen LogP contribution is -2.12. The van der Waals surface area contributed by atoms with Crippen molar-refractivity contribution in [2.24, 2.45) is 0 Å². The molecule has 0 amide bonds. The molecule has 0 aliphatic carbocycles. The molecule has 0 aromatic carbocycles. The van der Waals surface area contributed by atoms with Crippen LogP contribution in [0.1, 0.15) is 13.3 Å². The zero-order valence-corrected chi connectivity index (χ0v) is 7.04. The van der Waals surface area contributed by atoms with Gasteiger partial charge in [-0.15, -0.1) is 0 Å². The smallest absolute Gasteiger partial charge is 0.325 e. The van der Waals surface area contributed by atoms with E-state index in [1.165, 1.54) is 0 Å². The maximum absolute atomic E-state index is 10.5. The molecule has 0 aliphatic heterocycles. The number of aliphatic hydroxyl groups excluding tert-OH is 1. The molecule has 0 spiro atoms. The molecule has 0 heterocycles. The molecule has 0 aromatic heterocycles. The lowest BCUT2D eigenvalue weighted by atomic mass is 10.3. The minimum Gasteiger partial charge on any atom is -0.391 e. The van der Waals surface area contributed by atoms with Gasteiger partial charge < -0.3 is 14.5 Å². The highest BCUT2D eigenvalue weighted by molar-refractivity contribution is 7.51. The van der Waals surface area contributed by atoms with Gasteiger partial charge in [-0.3, -0.25) is 4.57 Å². The maximum Gasteiger partial charge on any atom is 0.325 e. The van der Waals surface area contributed by atoms with Crippen molar-refractivity contribution in [3.05, 3.63) is 0 Å². The Morgan fingerprint density at radius 2 is 2.20 bits per heavy atom. The molecule has 5 heteroatoms. The van der Waals surface area contributed by atoms with E-state index in [4.69, 9.17) is 10.00 Å². The van der Waals surface area contributed by atoms with Gasteiger partial charge in [-0.25, -0.2) is 0 Å². The van der Waals surface area contributed by atoms with Crippen LogP contribution in [0, 0.1) is 0 Å². The van der Waals surface area contributed by atoms with Gasteiger partial charge in [0.2, 0.25) is 0 Å². The van der Waals surface area contributed by atoms with E-state index in [0.717, 1.165) is 6.66 Å². The second-order valence-corrected chi connectivity index (χ2v) is 4.02. The zero-order chi connectivity index (χ0) is 8.20. The standard InChI is InChI=1S/C5H13O4P/c1-3-5(6)4-9-10(2,7)8/h5-6H,3-4H2,1-2H3,(H,7,8). The maximum atomic E-state index is 10.5. The van der Waals surface area contributed by atoms with E-state index in [0.29, 0.717) is 6.42 Å². The fraction of sp³-hybridized carbons (Fsp3) is 1.00. The van der Waals surface area contributed by atoms with Crippen LogP contribution in [0.2, 0.25) is 0 Å². The third-order valence-electron chi connectivity index (χ3n) is 0.978. The van der Waals surface area contributed by atoms with Crippen LogP contribution in [0.15, 0.2) is 0 Å². The number of aliphatic hydroxyl groups is 1. The predicted octanol–water partition coefficient (Wildman–Crippen LogP) is 0.589. The first-order valence-corrected chi connectivity index (χ1v) is 5.11. The van der Waals surface area contributed by atoms with Crippen molar-refractivity contribution in [2.45, 2.75) is 19.4 Å². The van der Waals surface area contributed by atoms with Crippen LogP contribution in [0.25, 0.3) is 0 Å². The summed E-state index contributed by atoms with van der Waals surface area (Å²) in [6.45, 7) is 2.79. The Morgan fingerprint density at radius 1 is 1.70 bits per heavy atom. The molecule has 0 radical (unpaired) electrons. The van der Waals surface area contributed by atoms with Gasteiger partial charge in [0, 0.05) is 6.66 Å². The normalized spacial score (nSPS) is 20.0. The molecule has 0 saturated carbocycles. The van der Waals surface area contributed by atoms with Crippen LogP contribution in [0.5, 0.6) is 0 Å². The van der Waals surface area contributed by atoms with E-state index < -0.39 is 13.7 Å². The molecule has 10 heavy (non-hydrogen) atoms. The molecule has 0 aromatic rings. The van der Waals surface area contributed by atoms with Crippen LogP contribution >= 0.6 is 7.60 Å². The van der Waals surface area contributed by atoms with Crippen LogP contribution < -0.4 is 0 Å². The van der Waals surface area contributed by atoms with Crippen LogP contribution in [-0.4, -0.2) is 29.4 Å². The van der Waals surface area contributed by atoms with Gasteiger partial charge in [0.05, 0.1) is 12.7 Å². The summed E-state index contributed by atoms with van der Waals surface area (Å²) in [7, 11) is -3.39. The van der Waals surface area contributed by atoms with Gasteiger partial charge in [0.1, 0.15) is 0 Å². The van der Waals surface area contributed by atoms with E-state index >= 15 is 0 Å². The number of hydrogen-bond acceptors (Lipinski definition) is 3. The average molecular weight is 168 g/mol. The fourth-order valence-electron chi connectivity index (χ4n) is 0.342. The van der Waals surface area contributed by atoms with Gasteiger partial charge in [0.25, 0.3) is 0 Å². The summed E-state index contributed by atoms with van der Waals surface area (Å²) < 4.78 is 14.9. The van der Waals surface area contributed by atoms with Crippen molar-refractivity contribution >= 4 is 7.60 Å². The Balaban J connectivity index is 3.46. The van der Waals surface area contributed by atoms with Crippen molar-refractivity contribution in [3.8, 4) is 0 Å². The van der Waals surface area contributed by atoms with Gasteiger partial charge in [0.15, 0.2) is 0 Å². The number of hydrogen-bond donors (Lipinski definition) is 2. The van der Waals surface area contributed by atoms with Crippen molar-refractivity contribution < 1.29 is 19.1 Å². The first-order valence-electron chi connectivity index (χ1n) is 3.08. The highest BCUT2D eigenvalue weighted by Crippen LogP contribution is 2.36. The minimum atomic E-state index is -3.39.